The van der Waals surface area contributed by atoms with Gasteiger partial charge in [0.05, 0.1) is 12.7 Å². The first kappa shape index (κ1) is 24.4. The summed E-state index contributed by atoms with van der Waals surface area (Å²) in [6.07, 6.45) is -20.6. The fourth-order valence-corrected chi connectivity index (χ4v) is 1.65. The highest BCUT2D eigenvalue weighted by Crippen LogP contribution is 2.59. The molecule has 0 bridgehead atoms. The zero-order valence-electron chi connectivity index (χ0n) is 12.4. The summed E-state index contributed by atoms with van der Waals surface area (Å²) in [7, 11) is 0. The molecule has 1 N–H and O–H groups in total. The number of alkyl halides is 11. The second-order valence-electron chi connectivity index (χ2n) is 4.95. The smallest absolute Gasteiger partial charge is 0.438 e. The maximum absolute atomic E-state index is 13.4. The highest BCUT2D eigenvalue weighted by atomic mass is 19.4. The molecule has 14 heteroatoms. The molecule has 0 saturated heterocycles. The van der Waals surface area contributed by atoms with Crippen LogP contribution in [0.3, 0.4) is 0 Å². The van der Waals surface area contributed by atoms with E-state index in [9.17, 15) is 53.1 Å². The van der Waals surface area contributed by atoms with Crippen molar-refractivity contribution in [2.24, 2.45) is 0 Å². The van der Waals surface area contributed by atoms with E-state index in [1.807, 2.05) is 0 Å². The first-order chi connectivity index (χ1) is 11.3. The Labute approximate surface area is 138 Å². The summed E-state index contributed by atoms with van der Waals surface area (Å²) >= 11 is 0. The third-order valence-electron chi connectivity index (χ3n) is 3.03. The van der Waals surface area contributed by atoms with Crippen LogP contribution in [0.2, 0.25) is 0 Å². The van der Waals surface area contributed by atoms with Gasteiger partial charge in [-0.05, 0) is 0 Å². The topological polar surface area (TPSA) is 46.5 Å². The second kappa shape index (κ2) is 7.56. The van der Waals surface area contributed by atoms with Gasteiger partial charge < -0.3 is 9.84 Å². The molecule has 0 aromatic rings. The molecule has 0 heterocycles. The molecular weight excluding hydrogens is 401 g/mol. The summed E-state index contributed by atoms with van der Waals surface area (Å²) < 4.78 is 144. The Morgan fingerprint density at radius 2 is 1.38 bits per heavy atom. The van der Waals surface area contributed by atoms with Crippen LogP contribution in [-0.4, -0.2) is 53.7 Å². The number of rotatable bonds is 8. The summed E-state index contributed by atoms with van der Waals surface area (Å²) in [4.78, 5) is 10.6. The van der Waals surface area contributed by atoms with Gasteiger partial charge >= 0.3 is 35.8 Å². The number of aliphatic hydroxyl groups is 1. The lowest BCUT2D eigenvalue weighted by Crippen LogP contribution is -2.70. The molecule has 0 saturated carbocycles. The third-order valence-corrected chi connectivity index (χ3v) is 3.03. The number of esters is 1. The van der Waals surface area contributed by atoms with Crippen LogP contribution in [0.15, 0.2) is 12.7 Å². The second-order valence-corrected chi connectivity index (χ2v) is 4.95. The minimum absolute atomic E-state index is 0.583. The number of ether oxygens (including phenoxy) is 1. The van der Waals surface area contributed by atoms with E-state index in [0.717, 1.165) is 0 Å². The third kappa shape index (κ3) is 4.57. The van der Waals surface area contributed by atoms with E-state index in [-0.39, 0.29) is 0 Å². The lowest BCUT2D eigenvalue weighted by Gasteiger charge is -2.40. The summed E-state index contributed by atoms with van der Waals surface area (Å²) in [5, 5.41) is 9.09. The largest absolute Gasteiger partial charge is 0.462 e. The number of aliphatic hydroxyl groups excluding tert-OH is 1. The molecule has 0 aromatic carbocycles. The molecule has 3 nitrogen and oxygen atoms in total. The quantitative estimate of drug-likeness (QED) is 0.373. The molecule has 0 aliphatic heterocycles. The molecule has 0 aliphatic rings. The van der Waals surface area contributed by atoms with E-state index < -0.39 is 61.4 Å². The SMILES string of the molecule is C=CC(=O)OCCC(O)CC(F)(F)C(F)(F)C(F)(C(F)(F)F)C(F)(F)F. The van der Waals surface area contributed by atoms with Crippen molar-refractivity contribution < 1.29 is 62.9 Å². The van der Waals surface area contributed by atoms with Gasteiger partial charge in [-0.15, -0.1) is 0 Å². The first-order valence-electron chi connectivity index (χ1n) is 6.40. The van der Waals surface area contributed by atoms with Gasteiger partial charge in [-0.3, -0.25) is 0 Å². The van der Waals surface area contributed by atoms with Crippen molar-refractivity contribution in [1.82, 2.24) is 0 Å². The van der Waals surface area contributed by atoms with Crippen LogP contribution in [0.1, 0.15) is 12.8 Å². The Balaban J connectivity index is 5.52. The van der Waals surface area contributed by atoms with Gasteiger partial charge in [-0.25, -0.2) is 9.18 Å². The predicted octanol–water partition coefficient (Wildman–Crippen LogP) is 3.96. The molecule has 154 valence electrons. The van der Waals surface area contributed by atoms with Gasteiger partial charge in [0.2, 0.25) is 0 Å². The molecule has 0 rings (SSSR count). The van der Waals surface area contributed by atoms with Crippen LogP contribution in [0.4, 0.5) is 48.3 Å². The lowest BCUT2D eigenvalue weighted by atomic mass is 9.88. The van der Waals surface area contributed by atoms with E-state index >= 15 is 0 Å². The van der Waals surface area contributed by atoms with Crippen molar-refractivity contribution in [3.63, 3.8) is 0 Å². The van der Waals surface area contributed by atoms with Crippen LogP contribution in [-0.2, 0) is 9.53 Å². The Kier molecular flexibility index (Phi) is 7.10. The van der Waals surface area contributed by atoms with E-state index in [0.29, 0.717) is 6.08 Å². The first-order valence-corrected chi connectivity index (χ1v) is 6.40. The van der Waals surface area contributed by atoms with Gasteiger partial charge in [-0.1, -0.05) is 6.58 Å². The average Bonchev–Trinajstić information content (AvgIpc) is 2.42. The number of hydrogen-bond donors (Lipinski definition) is 1. The van der Waals surface area contributed by atoms with Gasteiger partial charge in [-0.2, -0.15) is 43.9 Å². The molecular formula is C12H11F11O3. The van der Waals surface area contributed by atoms with Crippen LogP contribution in [0.25, 0.3) is 0 Å². The molecule has 0 aromatic heterocycles. The Morgan fingerprint density at radius 3 is 1.73 bits per heavy atom. The normalized spacial score (nSPS) is 15.5. The summed E-state index contributed by atoms with van der Waals surface area (Å²) in [6.45, 7) is 2.02. The van der Waals surface area contributed by atoms with E-state index in [1.165, 1.54) is 0 Å². The average molecular weight is 412 g/mol. The number of hydrogen-bond acceptors (Lipinski definition) is 3. The number of carbonyl (C=O) groups excluding carboxylic acids is 1. The Hall–Kier alpha value is -1.60. The summed E-state index contributed by atoms with van der Waals surface area (Å²) in [6, 6.07) is 0. The van der Waals surface area contributed by atoms with Crippen molar-refractivity contribution >= 4 is 5.97 Å². The van der Waals surface area contributed by atoms with Crippen LogP contribution >= 0.6 is 0 Å². The summed E-state index contributed by atoms with van der Waals surface area (Å²) in [5.41, 5.74) is -7.56. The summed E-state index contributed by atoms with van der Waals surface area (Å²) in [5.74, 6) is -14.7. The number of carbonyl (C=O) groups is 1. The minimum Gasteiger partial charge on any atom is -0.462 e. The maximum Gasteiger partial charge on any atom is 0.438 e. The maximum atomic E-state index is 13.4. The van der Waals surface area contributed by atoms with Crippen LogP contribution in [0, 0.1) is 0 Å². The highest BCUT2D eigenvalue weighted by Gasteiger charge is 2.89. The van der Waals surface area contributed by atoms with Crippen LogP contribution in [0.5, 0.6) is 0 Å². The fraction of sp³-hybridized carbons (Fsp3) is 0.750. The zero-order chi connectivity index (χ0) is 21.2. The van der Waals surface area contributed by atoms with Gasteiger partial charge in [0.15, 0.2) is 0 Å². The van der Waals surface area contributed by atoms with Crippen molar-refractivity contribution in [3.05, 3.63) is 12.7 Å². The molecule has 26 heavy (non-hydrogen) atoms. The number of halogens is 11. The van der Waals surface area contributed by atoms with Crippen LogP contribution < -0.4 is 0 Å². The van der Waals surface area contributed by atoms with Crippen molar-refractivity contribution in [1.29, 1.82) is 0 Å². The standard InChI is InChI=1S/C12H11F11O3/c1-2-7(25)26-4-3-6(24)5-8(13,14)10(16,17)9(15,11(18,19)20)12(21,22)23/h2,6,24H,1,3-5H2. The van der Waals surface area contributed by atoms with Gasteiger partial charge in [0.1, 0.15) is 0 Å². The van der Waals surface area contributed by atoms with E-state index in [4.69, 9.17) is 5.11 Å². The van der Waals surface area contributed by atoms with E-state index in [2.05, 4.69) is 11.3 Å². The predicted molar refractivity (Wildman–Crippen MR) is 62.2 cm³/mol. The molecule has 0 radical (unpaired) electrons. The highest BCUT2D eigenvalue weighted by molar-refractivity contribution is 5.81. The van der Waals surface area contributed by atoms with Gasteiger partial charge in [0, 0.05) is 18.9 Å². The monoisotopic (exact) mass is 412 g/mol. The van der Waals surface area contributed by atoms with Crippen molar-refractivity contribution in [3.8, 4) is 0 Å². The fourth-order valence-electron chi connectivity index (χ4n) is 1.65. The van der Waals surface area contributed by atoms with Crippen molar-refractivity contribution in [2.45, 2.75) is 48.8 Å². The minimum atomic E-state index is -7.56. The molecule has 0 aliphatic carbocycles. The van der Waals surface area contributed by atoms with Crippen molar-refractivity contribution in [2.75, 3.05) is 6.61 Å². The zero-order valence-corrected chi connectivity index (χ0v) is 12.4. The molecule has 0 fully saturated rings. The molecule has 1 atom stereocenters. The molecule has 1 unspecified atom stereocenters. The molecule has 0 amide bonds. The lowest BCUT2D eigenvalue weighted by molar-refractivity contribution is -0.428. The Morgan fingerprint density at radius 1 is 0.962 bits per heavy atom. The van der Waals surface area contributed by atoms with E-state index in [1.54, 1.807) is 0 Å². The molecule has 0 spiro atoms. The Bertz CT molecular complexity index is 496. The van der Waals surface area contributed by atoms with Gasteiger partial charge in [0.25, 0.3) is 0 Å².